The number of nitrogens with one attached hydrogen (secondary N) is 1. The van der Waals surface area contributed by atoms with Gasteiger partial charge in [-0.2, -0.15) is 0 Å². The highest BCUT2D eigenvalue weighted by Crippen LogP contribution is 2.11. The molecule has 1 N–H and O–H groups in total. The molecule has 0 atom stereocenters. The molecule has 1 amide bonds. The Morgan fingerprint density at radius 1 is 1.18 bits per heavy atom. The quantitative estimate of drug-likeness (QED) is 0.789. The van der Waals surface area contributed by atoms with Gasteiger partial charge in [0, 0.05) is 6.54 Å². The molecule has 2 aromatic rings. The van der Waals surface area contributed by atoms with E-state index in [0.717, 1.165) is 11.3 Å². The van der Waals surface area contributed by atoms with Gasteiger partial charge in [-0.1, -0.05) is 12.1 Å². The SMILES string of the molecule is COc1ccc(CCNC(=O)COC(=O)c2ccco2)cc1. The van der Waals surface area contributed by atoms with E-state index in [0.29, 0.717) is 13.0 Å². The third kappa shape index (κ3) is 4.66. The minimum atomic E-state index is -0.657. The van der Waals surface area contributed by atoms with Gasteiger partial charge in [-0.25, -0.2) is 4.79 Å². The minimum absolute atomic E-state index is 0.0750. The molecule has 0 aliphatic rings. The predicted molar refractivity (Wildman–Crippen MR) is 78.7 cm³/mol. The van der Waals surface area contributed by atoms with Crippen LogP contribution in [0.5, 0.6) is 5.75 Å². The number of rotatable bonds is 7. The molecule has 0 aliphatic carbocycles. The van der Waals surface area contributed by atoms with E-state index in [9.17, 15) is 9.59 Å². The first kappa shape index (κ1) is 15.6. The van der Waals surface area contributed by atoms with Crippen molar-refractivity contribution in [2.24, 2.45) is 0 Å². The number of furan rings is 1. The zero-order valence-electron chi connectivity index (χ0n) is 12.2. The Bertz CT molecular complexity index is 604. The number of hydrogen-bond donors (Lipinski definition) is 1. The second-order valence-corrected chi connectivity index (χ2v) is 4.50. The van der Waals surface area contributed by atoms with Crippen LogP contribution in [-0.2, 0) is 16.0 Å². The Hall–Kier alpha value is -2.76. The number of esters is 1. The minimum Gasteiger partial charge on any atom is -0.497 e. The summed E-state index contributed by atoms with van der Waals surface area (Å²) in [7, 11) is 1.61. The molecule has 0 fully saturated rings. The molecule has 0 aliphatic heterocycles. The van der Waals surface area contributed by atoms with Crippen LogP contribution in [0.4, 0.5) is 0 Å². The smallest absolute Gasteiger partial charge is 0.374 e. The highest BCUT2D eigenvalue weighted by atomic mass is 16.5. The highest BCUT2D eigenvalue weighted by molar-refractivity contribution is 5.88. The van der Waals surface area contributed by atoms with Crippen molar-refractivity contribution < 1.29 is 23.5 Å². The topological polar surface area (TPSA) is 77.8 Å². The fourth-order valence-electron chi connectivity index (χ4n) is 1.79. The van der Waals surface area contributed by atoms with Crippen molar-refractivity contribution >= 4 is 11.9 Å². The lowest BCUT2D eigenvalue weighted by atomic mass is 10.1. The van der Waals surface area contributed by atoms with E-state index >= 15 is 0 Å². The van der Waals surface area contributed by atoms with E-state index in [1.165, 1.54) is 12.3 Å². The Kier molecular flexibility index (Phi) is 5.59. The van der Waals surface area contributed by atoms with Crippen LogP contribution < -0.4 is 10.1 Å². The molecule has 1 heterocycles. The molecule has 6 heteroatoms. The van der Waals surface area contributed by atoms with Crippen LogP contribution in [0.2, 0.25) is 0 Å². The molecule has 0 unspecified atom stereocenters. The van der Waals surface area contributed by atoms with E-state index in [4.69, 9.17) is 13.9 Å². The lowest BCUT2D eigenvalue weighted by molar-refractivity contribution is -0.124. The normalized spacial score (nSPS) is 10.0. The van der Waals surface area contributed by atoms with Gasteiger partial charge in [0.15, 0.2) is 6.61 Å². The molecule has 0 saturated carbocycles. The van der Waals surface area contributed by atoms with Gasteiger partial charge in [0.25, 0.3) is 5.91 Å². The standard InChI is InChI=1S/C16H17NO5/c1-20-13-6-4-12(5-7-13)8-9-17-15(18)11-22-16(19)14-3-2-10-21-14/h2-7,10H,8-9,11H2,1H3,(H,17,18). The molecule has 0 radical (unpaired) electrons. The van der Waals surface area contributed by atoms with E-state index < -0.39 is 5.97 Å². The van der Waals surface area contributed by atoms with Crippen molar-refractivity contribution in [2.75, 3.05) is 20.3 Å². The van der Waals surface area contributed by atoms with Crippen molar-refractivity contribution in [3.8, 4) is 5.75 Å². The van der Waals surface area contributed by atoms with Gasteiger partial charge < -0.3 is 19.2 Å². The molecule has 1 aromatic carbocycles. The van der Waals surface area contributed by atoms with Crippen LogP contribution in [0, 0.1) is 0 Å². The second-order valence-electron chi connectivity index (χ2n) is 4.50. The van der Waals surface area contributed by atoms with Crippen molar-refractivity contribution in [3.05, 3.63) is 54.0 Å². The van der Waals surface area contributed by atoms with Gasteiger partial charge in [0.05, 0.1) is 13.4 Å². The van der Waals surface area contributed by atoms with Crippen LogP contribution in [0.1, 0.15) is 16.1 Å². The van der Waals surface area contributed by atoms with E-state index in [1.54, 1.807) is 13.2 Å². The van der Waals surface area contributed by atoms with E-state index in [-0.39, 0.29) is 18.3 Å². The molecule has 1 aromatic heterocycles. The van der Waals surface area contributed by atoms with Crippen molar-refractivity contribution in [1.82, 2.24) is 5.32 Å². The number of carbonyl (C=O) groups excluding carboxylic acids is 2. The van der Waals surface area contributed by atoms with Crippen LogP contribution in [-0.4, -0.2) is 32.1 Å². The molecular formula is C16H17NO5. The maximum atomic E-state index is 11.6. The number of amides is 1. The summed E-state index contributed by atoms with van der Waals surface area (Å²) >= 11 is 0. The largest absolute Gasteiger partial charge is 0.497 e. The van der Waals surface area contributed by atoms with Crippen molar-refractivity contribution in [2.45, 2.75) is 6.42 Å². The number of methoxy groups -OCH3 is 1. The van der Waals surface area contributed by atoms with Crippen LogP contribution >= 0.6 is 0 Å². The number of ether oxygens (including phenoxy) is 2. The van der Waals surface area contributed by atoms with Crippen molar-refractivity contribution in [3.63, 3.8) is 0 Å². The first-order valence-corrected chi connectivity index (χ1v) is 6.79. The Balaban J connectivity index is 1.66. The summed E-state index contributed by atoms with van der Waals surface area (Å²) in [4.78, 5) is 23.0. The lowest BCUT2D eigenvalue weighted by Gasteiger charge is -2.06. The van der Waals surface area contributed by atoms with E-state index in [2.05, 4.69) is 5.32 Å². The maximum absolute atomic E-state index is 11.6. The number of hydrogen-bond acceptors (Lipinski definition) is 5. The zero-order valence-corrected chi connectivity index (χ0v) is 12.2. The molecule has 6 nitrogen and oxygen atoms in total. The molecular weight excluding hydrogens is 286 g/mol. The average molecular weight is 303 g/mol. The molecule has 0 bridgehead atoms. The third-order valence-corrected chi connectivity index (χ3v) is 2.95. The fraction of sp³-hybridized carbons (Fsp3) is 0.250. The molecule has 116 valence electrons. The third-order valence-electron chi connectivity index (χ3n) is 2.95. The van der Waals surface area contributed by atoms with Gasteiger partial charge in [0.2, 0.25) is 5.76 Å². The molecule has 22 heavy (non-hydrogen) atoms. The van der Waals surface area contributed by atoms with Crippen LogP contribution in [0.15, 0.2) is 47.1 Å². The summed E-state index contributed by atoms with van der Waals surface area (Å²) in [6, 6.07) is 10.6. The predicted octanol–water partition coefficient (Wildman–Crippen LogP) is 1.80. The summed E-state index contributed by atoms with van der Waals surface area (Å²) in [6.07, 6.45) is 2.05. The average Bonchev–Trinajstić information content (AvgIpc) is 3.08. The van der Waals surface area contributed by atoms with Crippen LogP contribution in [0.3, 0.4) is 0 Å². The summed E-state index contributed by atoms with van der Waals surface area (Å²) in [5, 5.41) is 2.68. The van der Waals surface area contributed by atoms with Gasteiger partial charge in [0.1, 0.15) is 5.75 Å². The summed E-state index contributed by atoms with van der Waals surface area (Å²) in [6.45, 7) is 0.131. The molecule has 0 spiro atoms. The summed E-state index contributed by atoms with van der Waals surface area (Å²) < 4.78 is 14.8. The highest BCUT2D eigenvalue weighted by Gasteiger charge is 2.12. The molecule has 0 saturated heterocycles. The summed E-state index contributed by atoms with van der Waals surface area (Å²) in [5.41, 5.74) is 1.08. The van der Waals surface area contributed by atoms with Gasteiger partial charge in [-0.3, -0.25) is 4.79 Å². The van der Waals surface area contributed by atoms with E-state index in [1.807, 2.05) is 24.3 Å². The number of benzene rings is 1. The Labute approximate surface area is 128 Å². The number of carbonyl (C=O) groups is 2. The van der Waals surface area contributed by atoms with Gasteiger partial charge in [-0.05, 0) is 36.2 Å². The molecule has 2 rings (SSSR count). The monoisotopic (exact) mass is 303 g/mol. The van der Waals surface area contributed by atoms with Crippen molar-refractivity contribution in [1.29, 1.82) is 0 Å². The second kappa shape index (κ2) is 7.87. The van der Waals surface area contributed by atoms with Crippen LogP contribution in [0.25, 0.3) is 0 Å². The summed E-state index contributed by atoms with van der Waals surface area (Å²) in [5.74, 6) is -0.146. The fourth-order valence-corrected chi connectivity index (χ4v) is 1.79. The Morgan fingerprint density at radius 3 is 2.59 bits per heavy atom. The zero-order chi connectivity index (χ0) is 15.8. The lowest BCUT2D eigenvalue weighted by Crippen LogP contribution is -2.30. The maximum Gasteiger partial charge on any atom is 0.374 e. The first-order valence-electron chi connectivity index (χ1n) is 6.79. The first-order chi connectivity index (χ1) is 10.7. The van der Waals surface area contributed by atoms with Gasteiger partial charge >= 0.3 is 5.97 Å². The Morgan fingerprint density at radius 2 is 1.95 bits per heavy atom. The van der Waals surface area contributed by atoms with Gasteiger partial charge in [-0.15, -0.1) is 0 Å².